The van der Waals surface area contributed by atoms with Crippen LogP contribution in [0.3, 0.4) is 0 Å². The molecule has 2 N–H and O–H groups in total. The molecule has 0 bridgehead atoms. The lowest BCUT2D eigenvalue weighted by molar-refractivity contribution is 0.249. The number of urea groups is 1. The quantitative estimate of drug-likeness (QED) is 0.886. The Balaban J connectivity index is 2.05. The van der Waals surface area contributed by atoms with Crippen molar-refractivity contribution in [1.29, 1.82) is 0 Å². The predicted molar refractivity (Wildman–Crippen MR) is 82.0 cm³/mol. The van der Waals surface area contributed by atoms with Crippen molar-refractivity contribution in [2.45, 2.75) is 19.4 Å². The van der Waals surface area contributed by atoms with Crippen LogP contribution < -0.4 is 15.4 Å². The van der Waals surface area contributed by atoms with Gasteiger partial charge in [0.1, 0.15) is 5.75 Å². The third-order valence-corrected chi connectivity index (χ3v) is 5.47. The number of nitrogens with one attached hydrogen (secondary N) is 2. The fourth-order valence-electron chi connectivity index (χ4n) is 2.18. The van der Waals surface area contributed by atoms with Gasteiger partial charge in [-0.2, -0.15) is 0 Å². The van der Waals surface area contributed by atoms with E-state index in [2.05, 4.69) is 10.6 Å². The van der Waals surface area contributed by atoms with Gasteiger partial charge in [0, 0.05) is 17.1 Å². The second kappa shape index (κ2) is 6.11. The predicted octanol–water partition coefficient (Wildman–Crippen LogP) is 1.97. The molecule has 1 heterocycles. The molecule has 21 heavy (non-hydrogen) atoms. The molecule has 1 aromatic rings. The number of anilines is 1. The first-order valence-corrected chi connectivity index (χ1v) is 8.63. The summed E-state index contributed by atoms with van der Waals surface area (Å²) in [6.07, 6.45) is 0.437. The van der Waals surface area contributed by atoms with Gasteiger partial charge in [-0.1, -0.05) is 11.6 Å². The van der Waals surface area contributed by atoms with Gasteiger partial charge in [-0.15, -0.1) is 0 Å². The van der Waals surface area contributed by atoms with Crippen molar-refractivity contribution < 1.29 is 17.9 Å². The van der Waals surface area contributed by atoms with Gasteiger partial charge in [0.05, 0.1) is 24.3 Å². The first kappa shape index (κ1) is 15.9. The van der Waals surface area contributed by atoms with E-state index in [4.69, 9.17) is 16.3 Å². The molecule has 0 aromatic heterocycles. The van der Waals surface area contributed by atoms with Crippen molar-refractivity contribution in [1.82, 2.24) is 5.32 Å². The maximum absolute atomic E-state index is 11.9. The number of benzene rings is 1. The SMILES string of the molecule is COc1cc(Cl)c(C)cc1NC(=O)N[C@H]1CCS(=O)(=O)C1. The summed E-state index contributed by atoms with van der Waals surface area (Å²) >= 11 is 5.99. The highest BCUT2D eigenvalue weighted by atomic mass is 35.5. The summed E-state index contributed by atoms with van der Waals surface area (Å²) in [5.74, 6) is 0.540. The molecule has 1 aliphatic rings. The van der Waals surface area contributed by atoms with Crippen molar-refractivity contribution >= 4 is 33.2 Å². The van der Waals surface area contributed by atoms with Crippen LogP contribution in [0.15, 0.2) is 12.1 Å². The van der Waals surface area contributed by atoms with Gasteiger partial charge < -0.3 is 15.4 Å². The van der Waals surface area contributed by atoms with Crippen LogP contribution in [0.2, 0.25) is 5.02 Å². The van der Waals surface area contributed by atoms with Crippen LogP contribution in [0.1, 0.15) is 12.0 Å². The molecule has 1 atom stereocenters. The minimum Gasteiger partial charge on any atom is -0.495 e. The van der Waals surface area contributed by atoms with Gasteiger partial charge in [-0.25, -0.2) is 13.2 Å². The van der Waals surface area contributed by atoms with E-state index in [9.17, 15) is 13.2 Å². The maximum Gasteiger partial charge on any atom is 0.319 e. The molecule has 0 radical (unpaired) electrons. The zero-order chi connectivity index (χ0) is 15.6. The summed E-state index contributed by atoms with van der Waals surface area (Å²) in [5, 5.41) is 5.85. The summed E-state index contributed by atoms with van der Waals surface area (Å²) in [6.45, 7) is 1.81. The van der Waals surface area contributed by atoms with Gasteiger partial charge in [0.25, 0.3) is 0 Å². The van der Waals surface area contributed by atoms with E-state index in [-0.39, 0.29) is 17.5 Å². The topological polar surface area (TPSA) is 84.5 Å². The van der Waals surface area contributed by atoms with Crippen LogP contribution in [0.5, 0.6) is 5.75 Å². The number of rotatable bonds is 3. The summed E-state index contributed by atoms with van der Waals surface area (Å²) in [4.78, 5) is 11.9. The highest BCUT2D eigenvalue weighted by Gasteiger charge is 2.29. The highest BCUT2D eigenvalue weighted by molar-refractivity contribution is 7.91. The Morgan fingerprint density at radius 1 is 1.43 bits per heavy atom. The number of aryl methyl sites for hydroxylation is 1. The Hall–Kier alpha value is -1.47. The molecule has 0 aliphatic carbocycles. The van der Waals surface area contributed by atoms with E-state index < -0.39 is 15.9 Å². The van der Waals surface area contributed by atoms with E-state index in [0.29, 0.717) is 22.9 Å². The van der Waals surface area contributed by atoms with Crippen molar-refractivity contribution in [3.63, 3.8) is 0 Å². The number of ether oxygens (including phenoxy) is 1. The van der Waals surface area contributed by atoms with Gasteiger partial charge >= 0.3 is 6.03 Å². The number of sulfone groups is 1. The minimum absolute atomic E-state index is 0.0167. The molecule has 116 valence electrons. The molecule has 2 amide bonds. The van der Waals surface area contributed by atoms with Gasteiger partial charge in [-0.3, -0.25) is 0 Å². The lowest BCUT2D eigenvalue weighted by Gasteiger charge is -2.15. The van der Waals surface area contributed by atoms with Gasteiger partial charge in [0.15, 0.2) is 9.84 Å². The van der Waals surface area contributed by atoms with E-state index in [0.717, 1.165) is 5.56 Å². The zero-order valence-corrected chi connectivity index (χ0v) is 13.3. The standard InChI is InChI=1S/C13H17ClN2O4S/c1-8-5-11(12(20-2)6-10(8)14)16-13(17)15-9-3-4-21(18,19)7-9/h5-6,9H,3-4,7H2,1-2H3,(H2,15,16,17)/t9-/m0/s1. The molecule has 8 heteroatoms. The highest BCUT2D eigenvalue weighted by Crippen LogP contribution is 2.30. The number of halogens is 1. The summed E-state index contributed by atoms with van der Waals surface area (Å²) in [5.41, 5.74) is 1.29. The average molecular weight is 333 g/mol. The lowest BCUT2D eigenvalue weighted by Crippen LogP contribution is -2.38. The first-order valence-electron chi connectivity index (χ1n) is 6.43. The fraction of sp³-hybridized carbons (Fsp3) is 0.462. The first-order chi connectivity index (χ1) is 9.80. The van der Waals surface area contributed by atoms with Crippen LogP contribution in [0.4, 0.5) is 10.5 Å². The van der Waals surface area contributed by atoms with Crippen LogP contribution in [0, 0.1) is 6.92 Å². The molecule has 6 nitrogen and oxygen atoms in total. The second-order valence-electron chi connectivity index (χ2n) is 5.00. The fourth-order valence-corrected chi connectivity index (χ4v) is 4.01. The number of hydrogen-bond acceptors (Lipinski definition) is 4. The van der Waals surface area contributed by atoms with E-state index >= 15 is 0 Å². The molecule has 2 rings (SSSR count). The number of carbonyl (C=O) groups excluding carboxylic acids is 1. The molecule has 1 fully saturated rings. The molecule has 1 aliphatic heterocycles. The zero-order valence-electron chi connectivity index (χ0n) is 11.8. The van der Waals surface area contributed by atoms with Crippen LogP contribution in [-0.2, 0) is 9.84 Å². The molecular weight excluding hydrogens is 316 g/mol. The molecular formula is C13H17ClN2O4S. The Morgan fingerprint density at radius 3 is 2.71 bits per heavy atom. The van der Waals surface area contributed by atoms with Crippen molar-refractivity contribution in [2.75, 3.05) is 23.9 Å². The number of hydrogen-bond donors (Lipinski definition) is 2. The summed E-state index contributed by atoms with van der Waals surface area (Å²) in [6, 6.07) is 2.50. The van der Waals surface area contributed by atoms with Crippen molar-refractivity contribution in [3.8, 4) is 5.75 Å². The minimum atomic E-state index is -3.02. The summed E-state index contributed by atoms with van der Waals surface area (Å²) < 4.78 is 27.9. The third kappa shape index (κ3) is 4.01. The molecule has 1 saturated heterocycles. The monoisotopic (exact) mass is 332 g/mol. The number of amides is 2. The van der Waals surface area contributed by atoms with Crippen molar-refractivity contribution in [2.24, 2.45) is 0 Å². The summed E-state index contributed by atoms with van der Waals surface area (Å²) in [7, 11) is -1.54. The van der Waals surface area contributed by atoms with Gasteiger partial charge in [-0.05, 0) is 25.0 Å². The Labute approximate surface area is 128 Å². The normalized spacial score (nSPS) is 20.0. The Morgan fingerprint density at radius 2 is 2.14 bits per heavy atom. The lowest BCUT2D eigenvalue weighted by atomic mass is 10.2. The third-order valence-electron chi connectivity index (χ3n) is 3.30. The average Bonchev–Trinajstić information content (AvgIpc) is 2.72. The number of methoxy groups -OCH3 is 1. The van der Waals surface area contributed by atoms with E-state index in [1.54, 1.807) is 12.1 Å². The maximum atomic E-state index is 11.9. The van der Waals surface area contributed by atoms with Crippen LogP contribution >= 0.6 is 11.6 Å². The largest absolute Gasteiger partial charge is 0.495 e. The van der Waals surface area contributed by atoms with Gasteiger partial charge in [0.2, 0.25) is 0 Å². The number of carbonyl (C=O) groups is 1. The van der Waals surface area contributed by atoms with E-state index in [1.165, 1.54) is 7.11 Å². The Kier molecular flexibility index (Phi) is 4.63. The molecule has 1 aromatic carbocycles. The van der Waals surface area contributed by atoms with Crippen LogP contribution in [0.25, 0.3) is 0 Å². The second-order valence-corrected chi connectivity index (χ2v) is 7.64. The van der Waals surface area contributed by atoms with Crippen LogP contribution in [-0.4, -0.2) is 39.1 Å². The van der Waals surface area contributed by atoms with E-state index in [1.807, 2.05) is 6.92 Å². The smallest absolute Gasteiger partial charge is 0.319 e. The van der Waals surface area contributed by atoms with Crippen molar-refractivity contribution in [3.05, 3.63) is 22.7 Å². The molecule has 0 spiro atoms. The Bertz CT molecular complexity index is 660. The molecule has 0 unspecified atom stereocenters. The molecule has 0 saturated carbocycles.